The minimum Gasteiger partial charge on any atom is -0.300 e. The van der Waals surface area contributed by atoms with E-state index in [1.165, 1.54) is 15.6 Å². The number of piperidine rings is 1. The van der Waals surface area contributed by atoms with Crippen LogP contribution in [0.15, 0.2) is 24.3 Å². The van der Waals surface area contributed by atoms with Crippen molar-refractivity contribution in [1.29, 1.82) is 0 Å². The van der Waals surface area contributed by atoms with E-state index >= 15 is 0 Å². The normalized spacial score (nSPS) is 18.9. The monoisotopic (exact) mass is 400 g/mol. The number of carbonyl (C=O) groups excluding carboxylic acids is 1. The van der Waals surface area contributed by atoms with Gasteiger partial charge < -0.3 is 5.32 Å². The third kappa shape index (κ3) is 4.55. The molecule has 1 fully saturated rings. The van der Waals surface area contributed by atoms with Crippen LogP contribution in [0.2, 0.25) is 5.02 Å². The number of benzene rings is 1. The van der Waals surface area contributed by atoms with Gasteiger partial charge in [-0.15, -0.1) is 10.2 Å². The predicted molar refractivity (Wildman–Crippen MR) is 98.1 cm³/mol. The van der Waals surface area contributed by atoms with E-state index in [-0.39, 0.29) is 18.4 Å². The summed E-state index contributed by atoms with van der Waals surface area (Å²) in [5, 5.41) is 12.5. The Morgan fingerprint density at radius 1 is 1.32 bits per heavy atom. The molecule has 2 aromatic rings. The molecule has 1 saturated heterocycles. The average molecular weight is 401 g/mol. The number of nitrogens with zero attached hydrogens (tertiary/aromatic N) is 3. The third-order valence-corrected chi connectivity index (χ3v) is 6.38. The van der Waals surface area contributed by atoms with Gasteiger partial charge in [0.2, 0.25) is 21.1 Å². The molecule has 1 atom stereocenters. The maximum Gasteiger partial charge on any atom is 0.230 e. The van der Waals surface area contributed by atoms with Crippen molar-refractivity contribution >= 4 is 44.0 Å². The second-order valence-electron chi connectivity index (χ2n) is 5.87. The van der Waals surface area contributed by atoms with Crippen LogP contribution < -0.4 is 5.32 Å². The lowest BCUT2D eigenvalue weighted by Crippen LogP contribution is -2.43. The number of amides is 1. The molecular formula is C15H17ClN4O3S2. The molecule has 1 N–H and O–H groups in total. The highest BCUT2D eigenvalue weighted by Crippen LogP contribution is 2.28. The maximum absolute atomic E-state index is 12.4. The van der Waals surface area contributed by atoms with Gasteiger partial charge in [-0.3, -0.25) is 4.79 Å². The van der Waals surface area contributed by atoms with Crippen molar-refractivity contribution in [3.05, 3.63) is 29.3 Å². The molecule has 0 unspecified atom stereocenters. The van der Waals surface area contributed by atoms with Gasteiger partial charge in [-0.2, -0.15) is 0 Å². The number of sulfonamides is 1. The average Bonchev–Trinajstić information content (AvgIpc) is 3.03. The molecule has 0 saturated carbocycles. The van der Waals surface area contributed by atoms with Crippen molar-refractivity contribution in [1.82, 2.24) is 14.5 Å². The van der Waals surface area contributed by atoms with Crippen molar-refractivity contribution < 1.29 is 13.2 Å². The first-order valence-electron chi connectivity index (χ1n) is 7.68. The Hall–Kier alpha value is -1.55. The van der Waals surface area contributed by atoms with Crippen molar-refractivity contribution in [3.63, 3.8) is 0 Å². The van der Waals surface area contributed by atoms with Crippen molar-refractivity contribution in [2.75, 3.05) is 24.7 Å². The summed E-state index contributed by atoms with van der Waals surface area (Å²) in [5.74, 6) is -0.612. The summed E-state index contributed by atoms with van der Waals surface area (Å²) in [6.07, 6.45) is 2.48. The van der Waals surface area contributed by atoms with Gasteiger partial charge in [0.25, 0.3) is 0 Å². The fourth-order valence-electron chi connectivity index (χ4n) is 2.65. The standard InChI is InChI=1S/C15H17ClN4O3S2/c1-25(22,23)20-8-2-3-11(9-20)13(21)17-15-19-18-14(24-15)10-4-6-12(16)7-5-10/h4-7,11H,2-3,8-9H2,1H3,(H,17,19,21)/t11-/m0/s1. The van der Waals surface area contributed by atoms with Gasteiger partial charge in [-0.25, -0.2) is 12.7 Å². The van der Waals surface area contributed by atoms with Gasteiger partial charge in [0, 0.05) is 23.7 Å². The quantitative estimate of drug-likeness (QED) is 0.851. The topological polar surface area (TPSA) is 92.3 Å². The number of anilines is 1. The molecule has 0 aliphatic carbocycles. The highest BCUT2D eigenvalue weighted by molar-refractivity contribution is 7.88. The first-order chi connectivity index (χ1) is 11.8. The molecule has 10 heteroatoms. The Labute approximate surface area is 155 Å². The lowest BCUT2D eigenvalue weighted by atomic mass is 9.99. The van der Waals surface area contributed by atoms with Crippen molar-refractivity contribution in [2.24, 2.45) is 5.92 Å². The molecule has 3 rings (SSSR count). The van der Waals surface area contributed by atoms with Crippen LogP contribution in [0.25, 0.3) is 10.6 Å². The molecule has 7 nitrogen and oxygen atoms in total. The number of halogens is 1. The van der Waals surface area contributed by atoms with Crippen LogP contribution in [-0.4, -0.2) is 48.2 Å². The predicted octanol–water partition coefficient (Wildman–Crippen LogP) is 2.47. The SMILES string of the molecule is CS(=O)(=O)N1CCC[C@H](C(=O)Nc2nnc(-c3ccc(Cl)cc3)s2)C1. The van der Waals surface area contributed by atoms with Crippen LogP contribution in [0.5, 0.6) is 0 Å². The fourth-order valence-corrected chi connectivity index (χ4v) is 4.44. The Balaban J connectivity index is 1.66. The zero-order valence-electron chi connectivity index (χ0n) is 13.5. The summed E-state index contributed by atoms with van der Waals surface area (Å²) in [4.78, 5) is 12.4. The molecule has 2 heterocycles. The molecule has 0 bridgehead atoms. The van der Waals surface area contributed by atoms with Crippen LogP contribution in [0, 0.1) is 5.92 Å². The molecule has 0 spiro atoms. The van der Waals surface area contributed by atoms with Crippen LogP contribution in [0.1, 0.15) is 12.8 Å². The van der Waals surface area contributed by atoms with Gasteiger partial charge in [-0.05, 0) is 25.0 Å². The number of hydrogen-bond acceptors (Lipinski definition) is 6. The smallest absolute Gasteiger partial charge is 0.230 e. The first-order valence-corrected chi connectivity index (χ1v) is 10.7. The zero-order valence-corrected chi connectivity index (χ0v) is 15.9. The lowest BCUT2D eigenvalue weighted by molar-refractivity contribution is -0.120. The van der Waals surface area contributed by atoms with E-state index in [0.717, 1.165) is 11.8 Å². The second-order valence-corrected chi connectivity index (χ2v) is 9.27. The van der Waals surface area contributed by atoms with Crippen molar-refractivity contribution in [2.45, 2.75) is 12.8 Å². The van der Waals surface area contributed by atoms with Crippen LogP contribution >= 0.6 is 22.9 Å². The molecule has 1 amide bonds. The molecule has 134 valence electrons. The highest BCUT2D eigenvalue weighted by atomic mass is 35.5. The maximum atomic E-state index is 12.4. The Morgan fingerprint density at radius 2 is 2.04 bits per heavy atom. The van der Waals surface area contributed by atoms with E-state index in [4.69, 9.17) is 11.6 Å². The summed E-state index contributed by atoms with van der Waals surface area (Å²) >= 11 is 7.13. The number of hydrogen-bond donors (Lipinski definition) is 1. The van der Waals surface area contributed by atoms with Gasteiger partial charge in [0.1, 0.15) is 5.01 Å². The number of aromatic nitrogens is 2. The Kier molecular flexibility index (Phi) is 5.38. The lowest BCUT2D eigenvalue weighted by Gasteiger charge is -2.29. The largest absolute Gasteiger partial charge is 0.300 e. The second kappa shape index (κ2) is 7.36. The Bertz CT molecular complexity index is 867. The summed E-state index contributed by atoms with van der Waals surface area (Å²) in [7, 11) is -3.28. The van der Waals surface area contributed by atoms with E-state index in [9.17, 15) is 13.2 Å². The van der Waals surface area contributed by atoms with E-state index in [1.54, 1.807) is 12.1 Å². The first kappa shape index (κ1) is 18.2. The highest BCUT2D eigenvalue weighted by Gasteiger charge is 2.30. The summed E-state index contributed by atoms with van der Waals surface area (Å²) < 4.78 is 24.7. The van der Waals surface area contributed by atoms with Crippen molar-refractivity contribution in [3.8, 4) is 10.6 Å². The molecule has 1 aliphatic rings. The zero-order chi connectivity index (χ0) is 18.0. The van der Waals surface area contributed by atoms with E-state index in [2.05, 4.69) is 15.5 Å². The fraction of sp³-hybridized carbons (Fsp3) is 0.400. The molecule has 1 aromatic heterocycles. The summed E-state index contributed by atoms with van der Waals surface area (Å²) in [6, 6.07) is 7.19. The van der Waals surface area contributed by atoms with Crippen LogP contribution in [0.3, 0.4) is 0 Å². The third-order valence-electron chi connectivity index (χ3n) is 3.97. The van der Waals surface area contributed by atoms with Gasteiger partial charge in [-0.1, -0.05) is 35.1 Å². The van der Waals surface area contributed by atoms with Gasteiger partial charge in [0.05, 0.1) is 12.2 Å². The number of rotatable bonds is 4. The number of nitrogens with one attached hydrogen (secondary N) is 1. The Morgan fingerprint density at radius 3 is 2.72 bits per heavy atom. The summed E-state index contributed by atoms with van der Waals surface area (Å²) in [6.45, 7) is 0.662. The van der Waals surface area contributed by atoms with E-state index in [1.807, 2.05) is 12.1 Å². The minimum atomic E-state index is -3.28. The van der Waals surface area contributed by atoms with E-state index < -0.39 is 10.0 Å². The minimum absolute atomic E-state index is 0.202. The number of carbonyl (C=O) groups is 1. The van der Waals surface area contributed by atoms with Gasteiger partial charge in [0.15, 0.2) is 0 Å². The van der Waals surface area contributed by atoms with Crippen LogP contribution in [-0.2, 0) is 14.8 Å². The van der Waals surface area contributed by atoms with Crippen LogP contribution in [0.4, 0.5) is 5.13 Å². The summed E-state index contributed by atoms with van der Waals surface area (Å²) in [5.41, 5.74) is 0.864. The van der Waals surface area contributed by atoms with Gasteiger partial charge >= 0.3 is 0 Å². The molecule has 1 aromatic carbocycles. The molecular weight excluding hydrogens is 384 g/mol. The molecule has 0 radical (unpaired) electrons. The molecule has 1 aliphatic heterocycles. The molecule has 25 heavy (non-hydrogen) atoms. The van der Waals surface area contributed by atoms with E-state index in [0.29, 0.717) is 34.5 Å².